The minimum Gasteiger partial charge on any atom is -0.331 e. The van der Waals surface area contributed by atoms with Crippen molar-refractivity contribution in [1.29, 1.82) is 0 Å². The summed E-state index contributed by atoms with van der Waals surface area (Å²) in [7, 11) is 0. The second-order valence-corrected chi connectivity index (χ2v) is 7.82. The number of aromatic nitrogens is 1. The maximum atomic E-state index is 13.4. The van der Waals surface area contributed by atoms with Crippen molar-refractivity contribution in [1.82, 2.24) is 9.30 Å². The molecule has 3 aromatic rings. The number of carbonyl (C=O) groups excluding carboxylic acids is 2. The second-order valence-electron chi connectivity index (χ2n) is 7.82. The highest BCUT2D eigenvalue weighted by molar-refractivity contribution is 6.43. The van der Waals surface area contributed by atoms with Gasteiger partial charge in [0.15, 0.2) is 0 Å². The molecule has 0 aliphatic carbocycles. The summed E-state index contributed by atoms with van der Waals surface area (Å²) in [4.78, 5) is 28.4. The molecule has 0 spiro atoms. The number of nitrogens with zero attached hydrogens (tertiary/aromatic N) is 2. The standard InChI is InChI=1S/C23H24N2O2/c1-23(2)13-7-9-15-25(23)22(27)21(26)20-19(17-10-4-3-5-11-17)16-18-12-6-8-14-24(18)20/h3-6,8,10-12,14,16H,7,9,13,15H2,1-2H3. The summed E-state index contributed by atoms with van der Waals surface area (Å²) in [5.41, 5.74) is 2.81. The maximum Gasteiger partial charge on any atom is 0.297 e. The topological polar surface area (TPSA) is 41.8 Å². The highest BCUT2D eigenvalue weighted by atomic mass is 16.2. The van der Waals surface area contributed by atoms with Crippen molar-refractivity contribution in [3.8, 4) is 11.1 Å². The lowest BCUT2D eigenvalue weighted by molar-refractivity contribution is -0.133. The summed E-state index contributed by atoms with van der Waals surface area (Å²) < 4.78 is 1.83. The Morgan fingerprint density at radius 1 is 0.963 bits per heavy atom. The Labute approximate surface area is 159 Å². The third-order valence-corrected chi connectivity index (χ3v) is 5.57. The second kappa shape index (κ2) is 6.69. The molecule has 0 saturated carbocycles. The van der Waals surface area contributed by atoms with E-state index < -0.39 is 11.7 Å². The molecule has 1 aliphatic rings. The van der Waals surface area contributed by atoms with Gasteiger partial charge in [0.05, 0.1) is 0 Å². The van der Waals surface area contributed by atoms with E-state index in [2.05, 4.69) is 0 Å². The van der Waals surface area contributed by atoms with Crippen LogP contribution in [0.3, 0.4) is 0 Å². The van der Waals surface area contributed by atoms with Crippen LogP contribution in [-0.4, -0.2) is 33.1 Å². The number of likely N-dealkylation sites (tertiary alicyclic amines) is 1. The number of fused-ring (bicyclic) bond motifs is 1. The van der Waals surface area contributed by atoms with Crippen molar-refractivity contribution in [2.45, 2.75) is 38.6 Å². The molecular formula is C23H24N2O2. The molecule has 4 rings (SSSR count). The Kier molecular flexibility index (Phi) is 4.34. The number of benzene rings is 1. The minimum absolute atomic E-state index is 0.287. The molecule has 1 amide bonds. The quantitative estimate of drug-likeness (QED) is 0.507. The number of Topliss-reactive ketones (excluding diaryl/α,β-unsaturated/α-hetero) is 1. The van der Waals surface area contributed by atoms with E-state index in [9.17, 15) is 9.59 Å². The fourth-order valence-electron chi connectivity index (χ4n) is 4.06. The molecule has 0 N–H and O–H groups in total. The fourth-order valence-corrected chi connectivity index (χ4v) is 4.06. The van der Waals surface area contributed by atoms with Gasteiger partial charge in [0, 0.05) is 29.4 Å². The minimum atomic E-state index is -0.435. The summed E-state index contributed by atoms with van der Waals surface area (Å²) in [6.45, 7) is 4.74. The third kappa shape index (κ3) is 3.05. The molecule has 0 bridgehead atoms. The van der Waals surface area contributed by atoms with Crippen LogP contribution in [0.2, 0.25) is 0 Å². The van der Waals surface area contributed by atoms with Crippen molar-refractivity contribution in [2.75, 3.05) is 6.54 Å². The van der Waals surface area contributed by atoms with Crippen LogP contribution in [0.5, 0.6) is 0 Å². The Balaban J connectivity index is 1.83. The molecule has 0 atom stereocenters. The van der Waals surface area contributed by atoms with Crippen LogP contribution in [0, 0.1) is 0 Å². The van der Waals surface area contributed by atoms with Gasteiger partial charge in [-0.05, 0) is 56.9 Å². The van der Waals surface area contributed by atoms with E-state index in [4.69, 9.17) is 0 Å². The average molecular weight is 360 g/mol. The average Bonchev–Trinajstić information content (AvgIpc) is 3.07. The van der Waals surface area contributed by atoms with E-state index in [0.717, 1.165) is 35.9 Å². The lowest BCUT2D eigenvalue weighted by atomic mass is 9.89. The van der Waals surface area contributed by atoms with Crippen LogP contribution in [0.4, 0.5) is 0 Å². The Morgan fingerprint density at radius 2 is 1.70 bits per heavy atom. The van der Waals surface area contributed by atoms with E-state index in [0.29, 0.717) is 12.2 Å². The van der Waals surface area contributed by atoms with Gasteiger partial charge < -0.3 is 9.30 Å². The number of hydrogen-bond donors (Lipinski definition) is 0. The van der Waals surface area contributed by atoms with E-state index in [1.54, 1.807) is 4.90 Å². The first-order valence-electron chi connectivity index (χ1n) is 9.51. The number of carbonyl (C=O) groups is 2. The van der Waals surface area contributed by atoms with Crippen LogP contribution in [-0.2, 0) is 4.79 Å². The van der Waals surface area contributed by atoms with Gasteiger partial charge in [0.25, 0.3) is 11.7 Å². The monoisotopic (exact) mass is 360 g/mol. The van der Waals surface area contributed by atoms with Crippen LogP contribution < -0.4 is 0 Å². The Morgan fingerprint density at radius 3 is 2.44 bits per heavy atom. The molecule has 1 aliphatic heterocycles. The van der Waals surface area contributed by atoms with Crippen molar-refractivity contribution >= 4 is 17.2 Å². The molecule has 0 radical (unpaired) electrons. The van der Waals surface area contributed by atoms with Crippen molar-refractivity contribution < 1.29 is 9.59 Å². The molecule has 138 valence electrons. The van der Waals surface area contributed by atoms with Crippen molar-refractivity contribution in [3.63, 3.8) is 0 Å². The Hall–Kier alpha value is -2.88. The zero-order valence-corrected chi connectivity index (χ0v) is 15.8. The molecule has 1 aromatic carbocycles. The lowest BCUT2D eigenvalue weighted by Gasteiger charge is -2.42. The predicted molar refractivity (Wildman–Crippen MR) is 107 cm³/mol. The predicted octanol–water partition coefficient (Wildman–Crippen LogP) is 4.58. The van der Waals surface area contributed by atoms with E-state index in [1.165, 1.54) is 0 Å². The van der Waals surface area contributed by atoms with Crippen LogP contribution in [0.15, 0.2) is 60.8 Å². The highest BCUT2D eigenvalue weighted by Gasteiger charge is 2.38. The number of rotatable bonds is 3. The fraction of sp³-hybridized carbons (Fsp3) is 0.304. The largest absolute Gasteiger partial charge is 0.331 e. The summed E-state index contributed by atoms with van der Waals surface area (Å²) in [6.07, 6.45) is 4.81. The van der Waals surface area contributed by atoms with E-state index in [1.807, 2.05) is 79.0 Å². The van der Waals surface area contributed by atoms with Gasteiger partial charge in [0.2, 0.25) is 0 Å². The molecule has 0 unspecified atom stereocenters. The van der Waals surface area contributed by atoms with Gasteiger partial charge in [-0.3, -0.25) is 9.59 Å². The van der Waals surface area contributed by atoms with Gasteiger partial charge in [-0.2, -0.15) is 0 Å². The molecule has 2 aromatic heterocycles. The number of piperidine rings is 1. The van der Waals surface area contributed by atoms with Crippen LogP contribution in [0.25, 0.3) is 16.6 Å². The normalized spacial score (nSPS) is 16.4. The van der Waals surface area contributed by atoms with Gasteiger partial charge in [-0.15, -0.1) is 0 Å². The van der Waals surface area contributed by atoms with Gasteiger partial charge in [0.1, 0.15) is 5.69 Å². The first-order chi connectivity index (χ1) is 13.0. The zero-order valence-electron chi connectivity index (χ0n) is 15.8. The third-order valence-electron chi connectivity index (χ3n) is 5.57. The first-order valence-corrected chi connectivity index (χ1v) is 9.51. The summed E-state index contributed by atoms with van der Waals surface area (Å²) in [5, 5.41) is 0. The molecular weight excluding hydrogens is 336 g/mol. The number of hydrogen-bond acceptors (Lipinski definition) is 2. The summed E-state index contributed by atoms with van der Waals surface area (Å²) >= 11 is 0. The highest BCUT2D eigenvalue weighted by Crippen LogP contribution is 2.31. The molecule has 1 fully saturated rings. The van der Waals surface area contributed by atoms with Gasteiger partial charge >= 0.3 is 0 Å². The molecule has 3 heterocycles. The van der Waals surface area contributed by atoms with Crippen LogP contribution in [0.1, 0.15) is 43.6 Å². The van der Waals surface area contributed by atoms with E-state index in [-0.39, 0.29) is 5.54 Å². The zero-order chi connectivity index (χ0) is 19.0. The molecule has 4 heteroatoms. The number of ketones is 1. The van der Waals surface area contributed by atoms with Gasteiger partial charge in [-0.1, -0.05) is 36.4 Å². The summed E-state index contributed by atoms with van der Waals surface area (Å²) in [5.74, 6) is -0.837. The first kappa shape index (κ1) is 17.5. The number of pyridine rings is 1. The SMILES string of the molecule is CC1(C)CCCCN1C(=O)C(=O)c1c(-c2ccccc2)cc2ccccn12. The maximum absolute atomic E-state index is 13.4. The smallest absolute Gasteiger partial charge is 0.297 e. The van der Waals surface area contributed by atoms with Gasteiger partial charge in [-0.25, -0.2) is 0 Å². The molecule has 1 saturated heterocycles. The molecule has 27 heavy (non-hydrogen) atoms. The lowest BCUT2D eigenvalue weighted by Crippen LogP contribution is -2.53. The number of amides is 1. The Bertz CT molecular complexity index is 1000. The van der Waals surface area contributed by atoms with Crippen LogP contribution >= 0.6 is 0 Å². The summed E-state index contributed by atoms with van der Waals surface area (Å²) in [6, 6.07) is 17.5. The van der Waals surface area contributed by atoms with Crippen molar-refractivity contribution in [2.24, 2.45) is 0 Å². The van der Waals surface area contributed by atoms with E-state index >= 15 is 0 Å². The van der Waals surface area contributed by atoms with Crippen molar-refractivity contribution in [3.05, 3.63) is 66.5 Å². The molecule has 4 nitrogen and oxygen atoms in total.